The number of benzene rings is 1. The van der Waals surface area contributed by atoms with Crippen molar-refractivity contribution < 1.29 is 18.4 Å². The fraction of sp³-hybridized carbons (Fsp3) is 0.538. The monoisotopic (exact) mass is 314 g/mol. The maximum absolute atomic E-state index is 11.4. The number of sulfone groups is 1. The molecule has 8 heteroatoms. The molecule has 1 aromatic carbocycles. The number of nitro groups is 1. The predicted octanol–water partition coefficient (Wildman–Crippen LogP) is 1.32. The fourth-order valence-corrected chi connectivity index (χ4v) is 3.97. The summed E-state index contributed by atoms with van der Waals surface area (Å²) in [6.07, 6.45) is 1.14. The molecule has 1 fully saturated rings. The van der Waals surface area contributed by atoms with Crippen LogP contribution in [0.25, 0.3) is 0 Å². The van der Waals surface area contributed by atoms with Crippen molar-refractivity contribution in [2.45, 2.75) is 19.4 Å². The molecular formula is C13H18N2O5S. The van der Waals surface area contributed by atoms with Gasteiger partial charge < -0.3 is 10.4 Å². The van der Waals surface area contributed by atoms with Crippen LogP contribution in [-0.2, 0) is 16.4 Å². The molecule has 21 heavy (non-hydrogen) atoms. The van der Waals surface area contributed by atoms with Crippen LogP contribution in [0.5, 0.6) is 0 Å². The van der Waals surface area contributed by atoms with Gasteiger partial charge in [-0.25, -0.2) is 8.42 Å². The smallest absolute Gasteiger partial charge is 0.292 e. The maximum atomic E-state index is 11.4. The van der Waals surface area contributed by atoms with E-state index in [4.69, 9.17) is 5.11 Å². The van der Waals surface area contributed by atoms with Crippen molar-refractivity contribution in [3.05, 3.63) is 33.9 Å². The summed E-state index contributed by atoms with van der Waals surface area (Å²) in [5, 5.41) is 23.1. The van der Waals surface area contributed by atoms with Crippen molar-refractivity contribution in [2.24, 2.45) is 5.92 Å². The second kappa shape index (κ2) is 6.40. The molecule has 1 aliphatic heterocycles. The van der Waals surface area contributed by atoms with Crippen molar-refractivity contribution in [1.29, 1.82) is 0 Å². The molecule has 0 aromatic heterocycles. The fourth-order valence-electron chi connectivity index (χ4n) is 2.38. The number of anilines is 1. The molecule has 7 nitrogen and oxygen atoms in total. The first-order chi connectivity index (χ1) is 9.91. The largest absolute Gasteiger partial charge is 0.392 e. The van der Waals surface area contributed by atoms with Gasteiger partial charge >= 0.3 is 0 Å². The first-order valence-corrected chi connectivity index (χ1v) is 8.56. The molecule has 1 aliphatic rings. The minimum Gasteiger partial charge on any atom is -0.392 e. The number of rotatable bonds is 5. The Hall–Kier alpha value is -1.67. The topological polar surface area (TPSA) is 110 Å². The summed E-state index contributed by atoms with van der Waals surface area (Å²) in [6.45, 7) is 0.305. The van der Waals surface area contributed by atoms with Crippen LogP contribution in [0.4, 0.5) is 11.4 Å². The molecule has 0 bridgehead atoms. The van der Waals surface area contributed by atoms with Gasteiger partial charge in [-0.05, 0) is 36.5 Å². The molecular weight excluding hydrogens is 296 g/mol. The summed E-state index contributed by atoms with van der Waals surface area (Å²) in [6, 6.07) is 4.42. The van der Waals surface area contributed by atoms with Crippen LogP contribution in [0.3, 0.4) is 0 Å². The number of nitrogens with one attached hydrogen (secondary N) is 1. The molecule has 1 aromatic rings. The Balaban J connectivity index is 2.04. The molecule has 2 rings (SSSR count). The number of hydrogen-bond acceptors (Lipinski definition) is 6. The van der Waals surface area contributed by atoms with E-state index in [1.54, 1.807) is 6.07 Å². The zero-order valence-electron chi connectivity index (χ0n) is 11.5. The van der Waals surface area contributed by atoms with E-state index in [1.807, 2.05) is 0 Å². The van der Waals surface area contributed by atoms with E-state index in [0.29, 0.717) is 30.6 Å². The van der Waals surface area contributed by atoms with Gasteiger partial charge in [0.2, 0.25) is 0 Å². The summed E-state index contributed by atoms with van der Waals surface area (Å²) in [7, 11) is -2.90. The van der Waals surface area contributed by atoms with Crippen LogP contribution in [0, 0.1) is 16.0 Å². The van der Waals surface area contributed by atoms with Gasteiger partial charge in [0.05, 0.1) is 23.0 Å². The number of nitro benzene ring substituents is 1. The molecule has 1 heterocycles. The van der Waals surface area contributed by atoms with E-state index < -0.39 is 14.8 Å². The van der Waals surface area contributed by atoms with E-state index >= 15 is 0 Å². The van der Waals surface area contributed by atoms with Crippen LogP contribution in [0.2, 0.25) is 0 Å². The van der Waals surface area contributed by atoms with Gasteiger partial charge in [0.1, 0.15) is 15.5 Å². The maximum Gasteiger partial charge on any atom is 0.292 e. The highest BCUT2D eigenvalue weighted by atomic mass is 32.2. The van der Waals surface area contributed by atoms with E-state index in [0.717, 1.165) is 0 Å². The summed E-state index contributed by atoms with van der Waals surface area (Å²) in [5.74, 6) is 0.543. The average Bonchev–Trinajstić information content (AvgIpc) is 2.45. The van der Waals surface area contributed by atoms with Gasteiger partial charge in [-0.2, -0.15) is 0 Å². The quantitative estimate of drug-likeness (QED) is 0.626. The summed E-state index contributed by atoms with van der Waals surface area (Å²) in [4.78, 5) is 10.5. The molecule has 1 saturated heterocycles. The third-order valence-corrected chi connectivity index (χ3v) is 5.41. The number of nitrogens with zero attached hydrogens (tertiary/aromatic N) is 1. The molecule has 0 aliphatic carbocycles. The normalized spacial score (nSPS) is 18.3. The summed E-state index contributed by atoms with van der Waals surface area (Å²) < 4.78 is 22.7. The molecule has 0 saturated carbocycles. The SMILES string of the molecule is O=[N+]([O-])c1ccc(CO)cc1NCC1CCS(=O)(=O)CC1. The Morgan fingerprint density at radius 2 is 2.00 bits per heavy atom. The molecule has 0 radical (unpaired) electrons. The van der Waals surface area contributed by atoms with Crippen LogP contribution in [0.1, 0.15) is 18.4 Å². The summed E-state index contributed by atoms with van der Waals surface area (Å²) in [5.41, 5.74) is 0.907. The third kappa shape index (κ3) is 4.15. The minimum absolute atomic E-state index is 0.0457. The highest BCUT2D eigenvalue weighted by molar-refractivity contribution is 7.91. The zero-order chi connectivity index (χ0) is 15.5. The number of aliphatic hydroxyl groups is 1. The lowest BCUT2D eigenvalue weighted by molar-refractivity contribution is -0.384. The second-order valence-corrected chi connectivity index (χ2v) is 7.55. The van der Waals surface area contributed by atoms with Gasteiger partial charge in [0.15, 0.2) is 0 Å². The van der Waals surface area contributed by atoms with E-state index in [-0.39, 0.29) is 29.7 Å². The lowest BCUT2D eigenvalue weighted by Crippen LogP contribution is -2.27. The van der Waals surface area contributed by atoms with Crippen molar-refractivity contribution in [1.82, 2.24) is 0 Å². The second-order valence-electron chi connectivity index (χ2n) is 5.24. The molecule has 2 N–H and O–H groups in total. The third-order valence-electron chi connectivity index (χ3n) is 3.70. The Morgan fingerprint density at radius 3 is 2.57 bits per heavy atom. The van der Waals surface area contributed by atoms with Crippen LogP contribution in [-0.4, -0.2) is 36.5 Å². The molecule has 116 valence electrons. The Labute approximate surface area is 123 Å². The van der Waals surface area contributed by atoms with Crippen molar-refractivity contribution in [3.8, 4) is 0 Å². The van der Waals surface area contributed by atoms with E-state index in [1.165, 1.54) is 12.1 Å². The highest BCUT2D eigenvalue weighted by Gasteiger charge is 2.24. The van der Waals surface area contributed by atoms with Crippen molar-refractivity contribution in [3.63, 3.8) is 0 Å². The highest BCUT2D eigenvalue weighted by Crippen LogP contribution is 2.27. The average molecular weight is 314 g/mol. The Kier molecular flexibility index (Phi) is 4.79. The first kappa shape index (κ1) is 15.7. The summed E-state index contributed by atoms with van der Waals surface area (Å²) >= 11 is 0. The molecule has 0 amide bonds. The lowest BCUT2D eigenvalue weighted by atomic mass is 10.0. The molecule has 0 unspecified atom stereocenters. The standard InChI is InChI=1S/C13H18N2O5S/c16-9-11-1-2-13(15(17)18)12(7-11)14-8-10-3-5-21(19,20)6-4-10/h1-2,7,10,14,16H,3-6,8-9H2. The van der Waals surface area contributed by atoms with Crippen molar-refractivity contribution >= 4 is 21.2 Å². The van der Waals surface area contributed by atoms with E-state index in [9.17, 15) is 18.5 Å². The van der Waals surface area contributed by atoms with Gasteiger partial charge in [-0.1, -0.05) is 0 Å². The van der Waals surface area contributed by atoms with Crippen LogP contribution >= 0.6 is 0 Å². The van der Waals surface area contributed by atoms with Gasteiger partial charge in [-0.15, -0.1) is 0 Å². The van der Waals surface area contributed by atoms with Gasteiger partial charge in [0, 0.05) is 12.6 Å². The van der Waals surface area contributed by atoms with Crippen molar-refractivity contribution in [2.75, 3.05) is 23.4 Å². The number of aliphatic hydroxyl groups excluding tert-OH is 1. The van der Waals surface area contributed by atoms with E-state index in [2.05, 4.69) is 5.32 Å². The lowest BCUT2D eigenvalue weighted by Gasteiger charge is -2.22. The molecule has 0 spiro atoms. The predicted molar refractivity (Wildman–Crippen MR) is 78.9 cm³/mol. The van der Waals surface area contributed by atoms with Crippen LogP contribution in [0.15, 0.2) is 18.2 Å². The Bertz CT molecular complexity index is 615. The Morgan fingerprint density at radius 1 is 1.33 bits per heavy atom. The van der Waals surface area contributed by atoms with Gasteiger partial charge in [-0.3, -0.25) is 10.1 Å². The first-order valence-electron chi connectivity index (χ1n) is 6.74. The van der Waals surface area contributed by atoms with Gasteiger partial charge in [0.25, 0.3) is 5.69 Å². The minimum atomic E-state index is -2.90. The molecule has 0 atom stereocenters. The van der Waals surface area contributed by atoms with Crippen LogP contribution < -0.4 is 5.32 Å². The number of hydrogen-bond donors (Lipinski definition) is 2. The zero-order valence-corrected chi connectivity index (χ0v) is 12.3.